The van der Waals surface area contributed by atoms with Crippen molar-refractivity contribution in [3.63, 3.8) is 0 Å². The van der Waals surface area contributed by atoms with Crippen molar-refractivity contribution in [2.45, 2.75) is 0 Å². The summed E-state index contributed by atoms with van der Waals surface area (Å²) in [5, 5.41) is 3.06. The first-order valence-electron chi connectivity index (χ1n) is 7.98. The lowest BCUT2D eigenvalue weighted by Crippen LogP contribution is -2.38. The largest absolute Gasteiger partial charge is 0.378 e. The quantitative estimate of drug-likeness (QED) is 0.782. The Morgan fingerprint density at radius 2 is 1.62 bits per heavy atom. The summed E-state index contributed by atoms with van der Waals surface area (Å²) in [5.74, 6) is -0.341. The molecule has 0 saturated heterocycles. The number of halogens is 1. The van der Waals surface area contributed by atoms with Gasteiger partial charge >= 0.3 is 0 Å². The topological polar surface area (TPSA) is 69.7 Å². The van der Waals surface area contributed by atoms with Gasteiger partial charge in [0.15, 0.2) is 0 Å². The Labute approximate surface area is 159 Å². The minimum absolute atomic E-state index is 0.121. The Balaban J connectivity index is 2.07. The number of carbonyl (C=O) groups excluding carboxylic acids is 1. The van der Waals surface area contributed by atoms with Crippen LogP contribution >= 0.6 is 11.6 Å². The summed E-state index contributed by atoms with van der Waals surface area (Å²) in [7, 11) is 0.341. The second-order valence-electron chi connectivity index (χ2n) is 5.98. The number of anilines is 2. The van der Waals surface area contributed by atoms with Gasteiger partial charge in [0.2, 0.25) is 10.0 Å². The third kappa shape index (κ3) is 5.12. The average Bonchev–Trinajstić information content (AvgIpc) is 2.58. The van der Waals surface area contributed by atoms with Crippen molar-refractivity contribution in [1.82, 2.24) is 5.32 Å². The molecular formula is C18H22ClN3O3S. The third-order valence-corrected chi connectivity index (χ3v) is 5.30. The predicted molar refractivity (Wildman–Crippen MR) is 107 cm³/mol. The van der Waals surface area contributed by atoms with Crippen LogP contribution in [0.2, 0.25) is 5.02 Å². The van der Waals surface area contributed by atoms with Crippen molar-refractivity contribution in [3.8, 4) is 0 Å². The summed E-state index contributed by atoms with van der Waals surface area (Å²) in [6.07, 6.45) is 1.14. The first-order chi connectivity index (χ1) is 12.2. The molecule has 2 rings (SSSR count). The van der Waals surface area contributed by atoms with E-state index >= 15 is 0 Å². The fourth-order valence-corrected chi connectivity index (χ4v) is 3.56. The van der Waals surface area contributed by atoms with Crippen LogP contribution in [0, 0.1) is 0 Å². The molecule has 0 saturated carbocycles. The number of rotatable bonds is 7. The highest BCUT2D eigenvalue weighted by atomic mass is 35.5. The van der Waals surface area contributed by atoms with Gasteiger partial charge in [0.05, 0.1) is 29.1 Å². The number of carbonyl (C=O) groups is 1. The molecule has 0 aliphatic rings. The summed E-state index contributed by atoms with van der Waals surface area (Å²) < 4.78 is 25.5. The Morgan fingerprint density at radius 1 is 1.04 bits per heavy atom. The highest BCUT2D eigenvalue weighted by Gasteiger charge is 2.18. The van der Waals surface area contributed by atoms with E-state index in [1.807, 2.05) is 31.1 Å². The van der Waals surface area contributed by atoms with Crippen LogP contribution in [0.15, 0.2) is 48.5 Å². The van der Waals surface area contributed by atoms with E-state index in [2.05, 4.69) is 5.32 Å². The van der Waals surface area contributed by atoms with Gasteiger partial charge < -0.3 is 10.2 Å². The zero-order valence-electron chi connectivity index (χ0n) is 14.9. The molecule has 0 radical (unpaired) electrons. The van der Waals surface area contributed by atoms with E-state index in [9.17, 15) is 13.2 Å². The molecular weight excluding hydrogens is 374 g/mol. The van der Waals surface area contributed by atoms with Crippen molar-refractivity contribution in [2.24, 2.45) is 0 Å². The highest BCUT2D eigenvalue weighted by Crippen LogP contribution is 2.21. The van der Waals surface area contributed by atoms with Gasteiger partial charge in [-0.05, 0) is 36.4 Å². The predicted octanol–water partition coefficient (Wildman–Crippen LogP) is 2.60. The number of amides is 1. The maximum atomic E-state index is 12.2. The summed E-state index contributed by atoms with van der Waals surface area (Å²) in [6.45, 7) is 0.281. The molecule has 1 N–H and O–H groups in total. The van der Waals surface area contributed by atoms with Crippen molar-refractivity contribution < 1.29 is 13.2 Å². The van der Waals surface area contributed by atoms with Crippen LogP contribution in [0.1, 0.15) is 10.4 Å². The van der Waals surface area contributed by atoms with Crippen LogP contribution in [0.5, 0.6) is 0 Å². The van der Waals surface area contributed by atoms with Crippen molar-refractivity contribution >= 4 is 38.9 Å². The van der Waals surface area contributed by atoms with Gasteiger partial charge in [-0.2, -0.15) is 0 Å². The monoisotopic (exact) mass is 395 g/mol. The first-order valence-corrected chi connectivity index (χ1v) is 10.2. The van der Waals surface area contributed by atoms with Crippen LogP contribution in [-0.4, -0.2) is 47.8 Å². The number of sulfonamides is 1. The number of hydrogen-bond donors (Lipinski definition) is 1. The van der Waals surface area contributed by atoms with Gasteiger partial charge in [-0.1, -0.05) is 23.7 Å². The average molecular weight is 396 g/mol. The lowest BCUT2D eigenvalue weighted by Gasteiger charge is -2.23. The van der Waals surface area contributed by atoms with Gasteiger partial charge in [-0.25, -0.2) is 8.42 Å². The summed E-state index contributed by atoms with van der Waals surface area (Å²) in [5.41, 5.74) is 1.87. The van der Waals surface area contributed by atoms with E-state index in [1.165, 1.54) is 4.31 Å². The molecule has 26 heavy (non-hydrogen) atoms. The van der Waals surface area contributed by atoms with Gasteiger partial charge in [-0.3, -0.25) is 9.10 Å². The molecule has 0 unspecified atom stereocenters. The van der Waals surface area contributed by atoms with Gasteiger partial charge in [0, 0.05) is 26.3 Å². The van der Waals surface area contributed by atoms with Gasteiger partial charge in [-0.15, -0.1) is 0 Å². The lowest BCUT2D eigenvalue weighted by molar-refractivity contribution is 0.0955. The molecule has 8 heteroatoms. The molecule has 6 nitrogen and oxygen atoms in total. The molecule has 2 aromatic rings. The van der Waals surface area contributed by atoms with Crippen LogP contribution in [0.25, 0.3) is 0 Å². The van der Waals surface area contributed by atoms with E-state index in [4.69, 9.17) is 11.6 Å². The van der Waals surface area contributed by atoms with Crippen LogP contribution in [-0.2, 0) is 10.0 Å². The fraction of sp³-hybridized carbons (Fsp3) is 0.278. The first kappa shape index (κ1) is 20.1. The maximum absolute atomic E-state index is 12.2. The van der Waals surface area contributed by atoms with E-state index in [-0.39, 0.29) is 19.0 Å². The number of nitrogens with zero attached hydrogens (tertiary/aromatic N) is 2. The number of hydrogen-bond acceptors (Lipinski definition) is 4. The van der Waals surface area contributed by atoms with Crippen LogP contribution < -0.4 is 14.5 Å². The summed E-state index contributed by atoms with van der Waals surface area (Å²) >= 11 is 6.00. The normalized spacial score (nSPS) is 11.1. The molecule has 0 spiro atoms. The molecule has 0 aliphatic heterocycles. The Morgan fingerprint density at radius 3 is 2.15 bits per heavy atom. The molecule has 0 heterocycles. The minimum Gasteiger partial charge on any atom is -0.378 e. The minimum atomic E-state index is -3.48. The Bertz CT molecular complexity index is 868. The zero-order valence-corrected chi connectivity index (χ0v) is 16.5. The number of nitrogens with one attached hydrogen (secondary N) is 1. The fourth-order valence-electron chi connectivity index (χ4n) is 2.41. The lowest BCUT2D eigenvalue weighted by atomic mass is 10.2. The second-order valence-corrected chi connectivity index (χ2v) is 8.30. The standard InChI is InChI=1S/C18H22ClN3O3S/c1-21(2)14-8-10-15(11-9-14)22(26(3,24)25)13-12-20-18(23)16-6-4-5-7-17(16)19/h4-11H,12-13H2,1-3H3,(H,20,23). The van der Waals surface area contributed by atoms with Crippen LogP contribution in [0.4, 0.5) is 11.4 Å². The van der Waals surface area contributed by atoms with Gasteiger partial charge in [0.25, 0.3) is 5.91 Å². The molecule has 0 bridgehead atoms. The molecule has 2 aromatic carbocycles. The Hall–Kier alpha value is -2.25. The van der Waals surface area contributed by atoms with Crippen molar-refractivity contribution in [1.29, 1.82) is 0 Å². The molecule has 0 atom stereocenters. The molecule has 1 amide bonds. The molecule has 140 valence electrons. The van der Waals surface area contributed by atoms with Crippen LogP contribution in [0.3, 0.4) is 0 Å². The maximum Gasteiger partial charge on any atom is 0.252 e. The van der Waals surface area contributed by atoms with E-state index in [0.717, 1.165) is 11.9 Å². The van der Waals surface area contributed by atoms with Gasteiger partial charge in [0.1, 0.15) is 0 Å². The van der Waals surface area contributed by atoms with Crippen molar-refractivity contribution in [2.75, 3.05) is 42.6 Å². The van der Waals surface area contributed by atoms with E-state index in [1.54, 1.807) is 36.4 Å². The van der Waals surface area contributed by atoms with Crippen molar-refractivity contribution in [3.05, 3.63) is 59.1 Å². The second kappa shape index (κ2) is 8.42. The Kier molecular flexibility index (Phi) is 6.50. The smallest absolute Gasteiger partial charge is 0.252 e. The third-order valence-electron chi connectivity index (χ3n) is 3.77. The zero-order chi connectivity index (χ0) is 19.3. The van der Waals surface area contributed by atoms with E-state index < -0.39 is 10.0 Å². The summed E-state index contributed by atoms with van der Waals surface area (Å²) in [6, 6.07) is 13.9. The molecule has 0 aromatic heterocycles. The SMILES string of the molecule is CN(C)c1ccc(N(CCNC(=O)c2ccccc2Cl)S(C)(=O)=O)cc1. The molecule has 0 fully saturated rings. The summed E-state index contributed by atoms with van der Waals surface area (Å²) in [4.78, 5) is 14.1. The number of benzene rings is 2. The highest BCUT2D eigenvalue weighted by molar-refractivity contribution is 7.92. The molecule has 0 aliphatic carbocycles. The van der Waals surface area contributed by atoms with E-state index in [0.29, 0.717) is 16.3 Å².